The first-order valence-corrected chi connectivity index (χ1v) is 6.08. The summed E-state index contributed by atoms with van der Waals surface area (Å²) in [5.41, 5.74) is 0.779. The van der Waals surface area contributed by atoms with Crippen molar-refractivity contribution in [1.82, 2.24) is 0 Å². The molecule has 0 fully saturated rings. The van der Waals surface area contributed by atoms with Crippen LogP contribution in [-0.2, 0) is 26.1 Å². The van der Waals surface area contributed by atoms with Gasteiger partial charge < -0.3 is 0 Å². The van der Waals surface area contributed by atoms with Crippen molar-refractivity contribution in [3.63, 3.8) is 0 Å². The molecule has 0 bridgehead atoms. The van der Waals surface area contributed by atoms with Crippen LogP contribution in [0, 0.1) is 17.0 Å². The topological polar surface area (TPSA) is 63.4 Å². The molecule has 59 valence electrons. The van der Waals surface area contributed by atoms with Crippen LogP contribution in [0.3, 0.4) is 0 Å². The quantitative estimate of drug-likeness (QED) is 0.461. The third-order valence-electron chi connectivity index (χ3n) is 1.74. The van der Waals surface area contributed by atoms with Gasteiger partial charge in [0.2, 0.25) is 0 Å². The molecule has 1 rings (SSSR count). The molecule has 0 amide bonds. The van der Waals surface area contributed by atoms with E-state index in [1.54, 1.807) is 6.92 Å². The Morgan fingerprint density at radius 3 is 2.67 bits per heavy atom. The van der Waals surface area contributed by atoms with Gasteiger partial charge in [-0.05, 0) is 0 Å². The number of nitro groups is 1. The fourth-order valence-electron chi connectivity index (χ4n) is 0.901. The van der Waals surface area contributed by atoms with Crippen molar-refractivity contribution in [3.05, 3.63) is 27.8 Å². The van der Waals surface area contributed by atoms with Crippen molar-refractivity contribution in [2.75, 3.05) is 0 Å². The van der Waals surface area contributed by atoms with Gasteiger partial charge in [-0.25, -0.2) is 0 Å². The summed E-state index contributed by atoms with van der Waals surface area (Å²) in [6, 6.07) is 2.72. The monoisotopic (exact) mass is 354 g/mol. The minimum absolute atomic E-state index is 0.133. The number of phenolic OH excluding ortho intramolecular Hbond substituents is 1. The zero-order chi connectivity index (χ0) is 9.30. The predicted octanol–water partition coefficient (Wildman–Crippen LogP) is 0.781. The molecule has 0 atom stereocenters. The van der Waals surface area contributed by atoms with Crippen LogP contribution in [0.25, 0.3) is 0 Å². The second-order valence-corrected chi connectivity index (χ2v) is 5.21. The Balaban J connectivity index is 3.36. The molecule has 0 aliphatic rings. The van der Waals surface area contributed by atoms with E-state index in [-0.39, 0.29) is 37.6 Å². The number of hydrogen-bond donors (Lipinski definition) is 1. The van der Waals surface area contributed by atoms with Gasteiger partial charge in [-0.1, -0.05) is 0 Å². The van der Waals surface area contributed by atoms with Crippen molar-refractivity contribution in [3.8, 4) is 5.75 Å². The van der Waals surface area contributed by atoms with E-state index in [1.807, 2.05) is 0 Å². The van der Waals surface area contributed by atoms with Crippen LogP contribution in [-0.4, -0.2) is 10.0 Å². The average Bonchev–Trinajstić information content (AvgIpc) is 2.00. The fourth-order valence-corrected chi connectivity index (χ4v) is 2.57. The van der Waals surface area contributed by atoms with Gasteiger partial charge >= 0.3 is 85.4 Å². The van der Waals surface area contributed by atoms with Gasteiger partial charge in [0.1, 0.15) is 0 Å². The molecule has 0 unspecified atom stereocenters. The summed E-state index contributed by atoms with van der Waals surface area (Å²) >= 11 is 0.154. The van der Waals surface area contributed by atoms with Gasteiger partial charge in [-0.3, -0.25) is 0 Å². The van der Waals surface area contributed by atoms with Gasteiger partial charge in [0.05, 0.1) is 0 Å². The first-order chi connectivity index (χ1) is 5.54. The molecule has 0 saturated heterocycles. The van der Waals surface area contributed by atoms with E-state index in [2.05, 4.69) is 0 Å². The van der Waals surface area contributed by atoms with E-state index in [9.17, 15) is 15.2 Å². The van der Waals surface area contributed by atoms with Crippen molar-refractivity contribution < 1.29 is 36.2 Å². The van der Waals surface area contributed by atoms with Crippen molar-refractivity contribution in [1.29, 1.82) is 0 Å². The fraction of sp³-hybridized carbons (Fsp3) is 0.143. The maximum atomic E-state index is 10.4. The van der Waals surface area contributed by atoms with Crippen LogP contribution >= 0.6 is 0 Å². The third-order valence-corrected chi connectivity index (χ3v) is 5.21. The molecule has 1 aromatic carbocycles. The zero-order valence-corrected chi connectivity index (χ0v) is 12.1. The summed E-state index contributed by atoms with van der Waals surface area (Å²) in [5.74, 6) is 0.144. The number of rotatable bonds is 1. The Bertz CT molecular complexity index is 338. The Hall–Kier alpha value is -0.645. The summed E-state index contributed by atoms with van der Waals surface area (Å²) in [4.78, 5) is 10.0. The summed E-state index contributed by atoms with van der Waals surface area (Å²) in [6.45, 7) is 1.70. The Morgan fingerprint density at radius 2 is 2.17 bits per heavy atom. The number of nitrogens with zero attached hydrogens (tertiary/aromatic N) is 1. The SMILES string of the molecule is Cc1c(O)ccc([N+](=O)[O-])[c]1[Hg]. The second kappa shape index (κ2) is 3.39. The Kier molecular flexibility index (Phi) is 2.67. The van der Waals surface area contributed by atoms with Gasteiger partial charge in [0, 0.05) is 0 Å². The van der Waals surface area contributed by atoms with E-state index in [0.717, 1.165) is 0 Å². The Morgan fingerprint density at radius 1 is 1.58 bits per heavy atom. The van der Waals surface area contributed by atoms with Crippen LogP contribution in [0.5, 0.6) is 5.75 Å². The van der Waals surface area contributed by atoms with Crippen molar-refractivity contribution in [2.45, 2.75) is 6.92 Å². The van der Waals surface area contributed by atoms with Crippen LogP contribution < -0.4 is 3.07 Å². The summed E-state index contributed by atoms with van der Waals surface area (Å²) in [5, 5.41) is 19.7. The number of benzene rings is 1. The zero-order valence-electron chi connectivity index (χ0n) is 6.57. The molecule has 5 heteroatoms. The first-order valence-electron chi connectivity index (χ1n) is 3.33. The molecule has 0 spiro atoms. The molecule has 0 heterocycles. The predicted molar refractivity (Wildman–Crippen MR) is 39.1 cm³/mol. The molecule has 0 radical (unpaired) electrons. The van der Waals surface area contributed by atoms with Crippen LogP contribution in [0.4, 0.5) is 5.69 Å². The molecule has 1 aromatic rings. The molecule has 0 aliphatic heterocycles. The normalized spacial score (nSPS) is 9.92. The van der Waals surface area contributed by atoms with Gasteiger partial charge in [-0.2, -0.15) is 0 Å². The molecule has 0 aliphatic carbocycles. The molecule has 0 saturated carbocycles. The molecule has 12 heavy (non-hydrogen) atoms. The average molecular weight is 353 g/mol. The van der Waals surface area contributed by atoms with Crippen molar-refractivity contribution >= 4 is 8.76 Å². The number of phenols is 1. The summed E-state index contributed by atoms with van der Waals surface area (Å²) in [6.07, 6.45) is 0. The standard InChI is InChI=1S/C7H6NO3.Hg/c1-5-4-6(8(10)11)2-3-7(5)9;/h2-3,9H,1H3;. The number of hydrogen-bond acceptors (Lipinski definition) is 3. The third kappa shape index (κ3) is 1.58. The second-order valence-electron chi connectivity index (χ2n) is 2.46. The molecule has 1 N–H and O–H groups in total. The van der Waals surface area contributed by atoms with E-state index in [0.29, 0.717) is 8.64 Å². The van der Waals surface area contributed by atoms with E-state index in [4.69, 9.17) is 0 Å². The van der Waals surface area contributed by atoms with Gasteiger partial charge in [0.15, 0.2) is 0 Å². The molecular weight excluding hydrogens is 347 g/mol. The van der Waals surface area contributed by atoms with Gasteiger partial charge in [0.25, 0.3) is 0 Å². The van der Waals surface area contributed by atoms with Crippen LogP contribution in [0.2, 0.25) is 0 Å². The van der Waals surface area contributed by atoms with E-state index in [1.165, 1.54) is 12.1 Å². The molecule has 0 aromatic heterocycles. The molecule has 4 nitrogen and oxygen atoms in total. The van der Waals surface area contributed by atoms with Crippen LogP contribution in [0.15, 0.2) is 12.1 Å². The molecular formula is C7H6HgNO3. The summed E-state index contributed by atoms with van der Waals surface area (Å²) < 4.78 is 0.708. The maximum absolute atomic E-state index is 10.4. The first kappa shape index (κ1) is 9.44. The number of aromatic hydroxyl groups is 1. The van der Waals surface area contributed by atoms with E-state index >= 15 is 0 Å². The minimum atomic E-state index is -0.408. The Labute approximate surface area is 85.3 Å². The summed E-state index contributed by atoms with van der Waals surface area (Å²) in [7, 11) is 0. The number of nitro benzene ring substituents is 1. The van der Waals surface area contributed by atoms with Gasteiger partial charge in [-0.15, -0.1) is 0 Å². The van der Waals surface area contributed by atoms with E-state index < -0.39 is 4.92 Å². The van der Waals surface area contributed by atoms with Crippen LogP contribution in [0.1, 0.15) is 5.56 Å². The van der Waals surface area contributed by atoms with Crippen molar-refractivity contribution in [2.24, 2.45) is 0 Å².